The average molecular weight is 240 g/mol. The van der Waals surface area contributed by atoms with E-state index in [4.69, 9.17) is 9.84 Å². The van der Waals surface area contributed by atoms with Crippen molar-refractivity contribution in [3.8, 4) is 0 Å². The van der Waals surface area contributed by atoms with Crippen LogP contribution in [0.4, 0.5) is 8.78 Å². The molecule has 0 aromatic heterocycles. The molecule has 5 heteroatoms. The lowest BCUT2D eigenvalue weighted by Gasteiger charge is -2.16. The molecule has 17 heavy (non-hydrogen) atoms. The molecule has 0 saturated heterocycles. The topological polar surface area (TPSA) is 46.5 Å². The smallest absolute Gasteiger partial charge is 0.339 e. The third kappa shape index (κ3) is 2.19. The number of carboxylic acids is 1. The van der Waals surface area contributed by atoms with Crippen LogP contribution in [-0.4, -0.2) is 24.3 Å². The molecule has 90 valence electrons. The number of hydrogen-bond acceptors (Lipinski definition) is 2. The van der Waals surface area contributed by atoms with E-state index in [9.17, 15) is 13.6 Å². The van der Waals surface area contributed by atoms with E-state index in [1.54, 1.807) is 6.08 Å². The fraction of sp³-hybridized carbons (Fsp3) is 0.250. The minimum atomic E-state index is -1.47. The Labute approximate surface area is 96.3 Å². The predicted octanol–water partition coefficient (Wildman–Crippen LogP) is 2.47. The van der Waals surface area contributed by atoms with E-state index in [2.05, 4.69) is 0 Å². The third-order valence-corrected chi connectivity index (χ3v) is 2.60. The quantitative estimate of drug-likeness (QED) is 0.863. The zero-order valence-corrected chi connectivity index (χ0v) is 8.87. The molecule has 0 amide bonds. The number of benzene rings is 1. The zero-order valence-electron chi connectivity index (χ0n) is 8.87. The Bertz CT molecular complexity index is 495. The standard InChI is InChI=1S/C12H10F2O3/c13-8-1-2-9(14)11(12(15)16)10(8)7-3-5-17-6-4-7/h1-3H,4-6H2,(H,15,16). The van der Waals surface area contributed by atoms with Gasteiger partial charge in [0.2, 0.25) is 0 Å². The Hall–Kier alpha value is -1.75. The van der Waals surface area contributed by atoms with Crippen LogP contribution in [0.3, 0.4) is 0 Å². The molecule has 1 aromatic rings. The number of aromatic carboxylic acids is 1. The van der Waals surface area contributed by atoms with Crippen LogP contribution in [0.15, 0.2) is 18.2 Å². The van der Waals surface area contributed by atoms with Gasteiger partial charge in [-0.05, 0) is 24.1 Å². The first-order valence-electron chi connectivity index (χ1n) is 5.09. The fourth-order valence-corrected chi connectivity index (χ4v) is 1.83. The van der Waals surface area contributed by atoms with Crippen LogP contribution in [0.25, 0.3) is 5.57 Å². The van der Waals surface area contributed by atoms with Crippen molar-refractivity contribution < 1.29 is 23.4 Å². The minimum Gasteiger partial charge on any atom is -0.478 e. The fourth-order valence-electron chi connectivity index (χ4n) is 1.83. The largest absolute Gasteiger partial charge is 0.478 e. The summed E-state index contributed by atoms with van der Waals surface area (Å²) in [4.78, 5) is 11.0. The lowest BCUT2D eigenvalue weighted by molar-refractivity contribution is 0.0690. The molecule has 0 aliphatic carbocycles. The van der Waals surface area contributed by atoms with Gasteiger partial charge in [-0.15, -0.1) is 0 Å². The third-order valence-electron chi connectivity index (χ3n) is 2.60. The molecule has 3 nitrogen and oxygen atoms in total. The molecular formula is C12H10F2O3. The summed E-state index contributed by atoms with van der Waals surface area (Å²) in [6.45, 7) is 0.658. The Morgan fingerprint density at radius 1 is 1.29 bits per heavy atom. The molecule has 1 N–H and O–H groups in total. The maximum atomic E-state index is 13.7. The second-order valence-corrected chi connectivity index (χ2v) is 3.64. The predicted molar refractivity (Wildman–Crippen MR) is 56.7 cm³/mol. The summed E-state index contributed by atoms with van der Waals surface area (Å²) in [5, 5.41) is 8.94. The van der Waals surface area contributed by atoms with Gasteiger partial charge < -0.3 is 9.84 Å². The first-order chi connectivity index (χ1) is 8.11. The number of halogens is 2. The van der Waals surface area contributed by atoms with Gasteiger partial charge in [-0.3, -0.25) is 0 Å². The van der Waals surface area contributed by atoms with Gasteiger partial charge >= 0.3 is 5.97 Å². The highest BCUT2D eigenvalue weighted by atomic mass is 19.1. The van der Waals surface area contributed by atoms with E-state index in [0.717, 1.165) is 12.1 Å². The Balaban J connectivity index is 2.62. The van der Waals surface area contributed by atoms with Gasteiger partial charge in [-0.2, -0.15) is 0 Å². The summed E-state index contributed by atoms with van der Waals surface area (Å²) in [5.41, 5.74) is -0.301. The molecule has 0 bridgehead atoms. The maximum Gasteiger partial charge on any atom is 0.339 e. The summed E-state index contributed by atoms with van der Waals surface area (Å²) >= 11 is 0. The van der Waals surface area contributed by atoms with Crippen molar-refractivity contribution in [3.63, 3.8) is 0 Å². The van der Waals surface area contributed by atoms with E-state index in [0.29, 0.717) is 18.6 Å². The average Bonchev–Trinajstić information content (AvgIpc) is 2.32. The number of carbonyl (C=O) groups is 1. The van der Waals surface area contributed by atoms with Gasteiger partial charge in [0.05, 0.1) is 13.2 Å². The van der Waals surface area contributed by atoms with E-state index < -0.39 is 23.2 Å². The summed E-state index contributed by atoms with van der Waals surface area (Å²) < 4.78 is 32.1. The van der Waals surface area contributed by atoms with Gasteiger partial charge in [-0.25, -0.2) is 13.6 Å². The Kier molecular flexibility index (Phi) is 3.19. The van der Waals surface area contributed by atoms with Crippen LogP contribution < -0.4 is 0 Å². The van der Waals surface area contributed by atoms with E-state index >= 15 is 0 Å². The lowest BCUT2D eigenvalue weighted by atomic mass is 9.95. The van der Waals surface area contributed by atoms with Crippen molar-refractivity contribution in [3.05, 3.63) is 41.0 Å². The first-order valence-corrected chi connectivity index (χ1v) is 5.09. The van der Waals surface area contributed by atoms with E-state index in [-0.39, 0.29) is 12.2 Å². The van der Waals surface area contributed by atoms with Crippen LogP contribution in [0.2, 0.25) is 0 Å². The van der Waals surface area contributed by atoms with Crippen LogP contribution in [0.1, 0.15) is 22.3 Å². The normalized spacial score (nSPS) is 15.5. The van der Waals surface area contributed by atoms with Crippen molar-refractivity contribution in [1.82, 2.24) is 0 Å². The van der Waals surface area contributed by atoms with E-state index in [1.807, 2.05) is 0 Å². The molecule has 0 atom stereocenters. The van der Waals surface area contributed by atoms with Crippen LogP contribution in [-0.2, 0) is 4.74 Å². The highest BCUT2D eigenvalue weighted by Crippen LogP contribution is 2.29. The van der Waals surface area contributed by atoms with Crippen LogP contribution in [0, 0.1) is 11.6 Å². The van der Waals surface area contributed by atoms with Crippen molar-refractivity contribution >= 4 is 11.5 Å². The van der Waals surface area contributed by atoms with Gasteiger partial charge in [0.15, 0.2) is 0 Å². The summed E-state index contributed by atoms with van der Waals surface area (Å²) in [7, 11) is 0. The van der Waals surface area contributed by atoms with Gasteiger partial charge in [0, 0.05) is 5.56 Å². The maximum absolute atomic E-state index is 13.7. The SMILES string of the molecule is O=C(O)c1c(F)ccc(F)c1C1=CCOCC1. The highest BCUT2D eigenvalue weighted by molar-refractivity contribution is 5.94. The zero-order chi connectivity index (χ0) is 12.4. The molecule has 0 spiro atoms. The van der Waals surface area contributed by atoms with Gasteiger partial charge in [0.1, 0.15) is 17.2 Å². The molecule has 1 aliphatic heterocycles. The number of ether oxygens (including phenoxy) is 1. The molecule has 0 radical (unpaired) electrons. The molecule has 1 heterocycles. The van der Waals surface area contributed by atoms with Crippen LogP contribution in [0.5, 0.6) is 0 Å². The first kappa shape index (κ1) is 11.7. The Morgan fingerprint density at radius 3 is 2.59 bits per heavy atom. The van der Waals surface area contributed by atoms with Crippen molar-refractivity contribution in [2.45, 2.75) is 6.42 Å². The highest BCUT2D eigenvalue weighted by Gasteiger charge is 2.23. The molecule has 0 unspecified atom stereocenters. The van der Waals surface area contributed by atoms with E-state index in [1.165, 1.54) is 0 Å². The molecule has 0 fully saturated rings. The summed E-state index contributed by atoms with van der Waals surface area (Å²) in [5.74, 6) is -3.12. The number of hydrogen-bond donors (Lipinski definition) is 1. The van der Waals surface area contributed by atoms with Crippen molar-refractivity contribution in [2.75, 3.05) is 13.2 Å². The monoisotopic (exact) mass is 240 g/mol. The molecule has 1 aromatic carbocycles. The number of carboxylic acid groups (broad SMARTS) is 1. The van der Waals surface area contributed by atoms with Crippen LogP contribution >= 0.6 is 0 Å². The van der Waals surface area contributed by atoms with Gasteiger partial charge in [-0.1, -0.05) is 6.08 Å². The minimum absolute atomic E-state index is 0.166. The molecule has 1 aliphatic rings. The Morgan fingerprint density at radius 2 is 2.00 bits per heavy atom. The molecular weight excluding hydrogens is 230 g/mol. The number of rotatable bonds is 2. The second-order valence-electron chi connectivity index (χ2n) is 3.64. The summed E-state index contributed by atoms with van der Waals surface area (Å²) in [6, 6.07) is 1.76. The van der Waals surface area contributed by atoms with Gasteiger partial charge in [0.25, 0.3) is 0 Å². The van der Waals surface area contributed by atoms with Crippen molar-refractivity contribution in [2.24, 2.45) is 0 Å². The lowest BCUT2D eigenvalue weighted by Crippen LogP contribution is -2.11. The molecule has 0 saturated carbocycles. The second kappa shape index (κ2) is 4.63. The molecule has 2 rings (SSSR count). The summed E-state index contributed by atoms with van der Waals surface area (Å²) in [6.07, 6.45) is 1.95. The van der Waals surface area contributed by atoms with Crippen molar-refractivity contribution in [1.29, 1.82) is 0 Å².